The van der Waals surface area contributed by atoms with Crippen LogP contribution >= 0.6 is 11.3 Å². The molecule has 8 nitrogen and oxygen atoms in total. The Morgan fingerprint density at radius 1 is 1.24 bits per heavy atom. The van der Waals surface area contributed by atoms with Crippen molar-refractivity contribution in [3.63, 3.8) is 0 Å². The zero-order valence-corrected chi connectivity index (χ0v) is 22.3. The van der Waals surface area contributed by atoms with E-state index >= 15 is 0 Å². The highest BCUT2D eigenvalue weighted by molar-refractivity contribution is 7.18. The van der Waals surface area contributed by atoms with Crippen molar-refractivity contribution in [2.45, 2.75) is 39.2 Å². The minimum absolute atomic E-state index is 0.155. The van der Waals surface area contributed by atoms with Crippen molar-refractivity contribution in [1.82, 2.24) is 15.0 Å². The fraction of sp³-hybridized carbons (Fsp3) is 0.310. The van der Waals surface area contributed by atoms with Crippen molar-refractivity contribution in [1.29, 1.82) is 0 Å². The lowest BCUT2D eigenvalue weighted by Crippen LogP contribution is -2.30. The van der Waals surface area contributed by atoms with Crippen LogP contribution in [0.4, 0.5) is 0 Å². The molecule has 2 aromatic carbocycles. The predicted molar refractivity (Wildman–Crippen MR) is 149 cm³/mol. The first-order chi connectivity index (χ1) is 18.5. The third kappa shape index (κ3) is 5.78. The molecule has 0 saturated heterocycles. The third-order valence-corrected chi connectivity index (χ3v) is 7.84. The number of ether oxygens (including phenoxy) is 2. The Hall–Kier alpha value is -3.98. The quantitative estimate of drug-likeness (QED) is 0.256. The van der Waals surface area contributed by atoms with E-state index in [1.165, 1.54) is 27.5 Å². The molecule has 196 valence electrons. The number of aryl methyl sites for hydroxylation is 1. The predicted octanol–water partition coefficient (Wildman–Crippen LogP) is 4.36. The van der Waals surface area contributed by atoms with Crippen LogP contribution in [0.2, 0.25) is 0 Å². The van der Waals surface area contributed by atoms with Crippen LogP contribution < -0.4 is 20.5 Å². The third-order valence-electron chi connectivity index (χ3n) is 6.68. The number of amides is 1. The van der Waals surface area contributed by atoms with Gasteiger partial charge in [0.05, 0.1) is 31.6 Å². The highest BCUT2D eigenvalue weighted by Gasteiger charge is 2.23. The lowest BCUT2D eigenvalue weighted by atomic mass is 9.89. The molecular formula is C29H30N4O4S. The van der Waals surface area contributed by atoms with Crippen LogP contribution in [0.3, 0.4) is 0 Å². The summed E-state index contributed by atoms with van der Waals surface area (Å²) in [6.45, 7) is 2.60. The molecule has 1 N–H and O–H groups in total. The van der Waals surface area contributed by atoms with E-state index in [4.69, 9.17) is 9.47 Å². The lowest BCUT2D eigenvalue weighted by Gasteiger charge is -2.17. The van der Waals surface area contributed by atoms with E-state index in [1.54, 1.807) is 24.5 Å². The normalized spacial score (nSPS) is 14.9. The molecule has 1 amide bonds. The van der Waals surface area contributed by atoms with Gasteiger partial charge in [0.25, 0.3) is 11.5 Å². The number of hydrogen-bond donors (Lipinski definition) is 1. The maximum atomic E-state index is 13.1. The molecule has 1 atom stereocenters. The Labute approximate surface area is 224 Å². The topological polar surface area (TPSA) is 94.8 Å². The summed E-state index contributed by atoms with van der Waals surface area (Å²) < 4.78 is 12.7. The Morgan fingerprint density at radius 2 is 2.08 bits per heavy atom. The first-order valence-corrected chi connectivity index (χ1v) is 13.5. The number of hydrazone groups is 1. The number of benzene rings is 2. The summed E-state index contributed by atoms with van der Waals surface area (Å²) in [6.07, 6.45) is 6.69. The molecule has 2 aromatic heterocycles. The summed E-state index contributed by atoms with van der Waals surface area (Å²) in [6, 6.07) is 15.6. The van der Waals surface area contributed by atoms with Crippen LogP contribution in [0, 0.1) is 5.92 Å². The monoisotopic (exact) mass is 530 g/mol. The van der Waals surface area contributed by atoms with Crippen LogP contribution in [0.15, 0.2) is 64.8 Å². The molecule has 4 aromatic rings. The van der Waals surface area contributed by atoms with Crippen LogP contribution in [-0.4, -0.2) is 35.4 Å². The van der Waals surface area contributed by atoms with Gasteiger partial charge in [-0.25, -0.2) is 10.4 Å². The van der Waals surface area contributed by atoms with Gasteiger partial charge in [0.1, 0.15) is 11.4 Å². The average molecular weight is 531 g/mol. The van der Waals surface area contributed by atoms with E-state index in [0.717, 1.165) is 41.6 Å². The minimum atomic E-state index is -0.407. The summed E-state index contributed by atoms with van der Waals surface area (Å²) in [5, 5.41) is 4.71. The molecule has 0 spiro atoms. The smallest absolute Gasteiger partial charge is 0.262 e. The second-order valence-electron chi connectivity index (χ2n) is 9.50. The van der Waals surface area contributed by atoms with Gasteiger partial charge in [0.15, 0.2) is 11.5 Å². The fourth-order valence-electron chi connectivity index (χ4n) is 4.65. The maximum absolute atomic E-state index is 13.1. The molecule has 1 aliphatic carbocycles. The van der Waals surface area contributed by atoms with Gasteiger partial charge < -0.3 is 9.47 Å². The molecule has 5 rings (SSSR count). The molecule has 2 heterocycles. The fourth-order valence-corrected chi connectivity index (χ4v) is 6.00. The van der Waals surface area contributed by atoms with E-state index in [9.17, 15) is 9.59 Å². The van der Waals surface area contributed by atoms with Gasteiger partial charge in [-0.2, -0.15) is 5.10 Å². The number of hydrogen-bond acceptors (Lipinski definition) is 7. The first-order valence-electron chi connectivity index (χ1n) is 12.7. The number of methoxy groups -OCH3 is 1. The van der Waals surface area contributed by atoms with Gasteiger partial charge in [0, 0.05) is 11.3 Å². The van der Waals surface area contributed by atoms with Crippen molar-refractivity contribution < 1.29 is 14.3 Å². The standard InChI is InChI=1S/C29H30N4O4S/c1-19-8-10-22-25(14-19)38-28-27(22)29(35)33(18-30-28)17-26(34)32-31-16-21-9-11-23(24(15-21)36-2)37-13-12-20-6-4-3-5-7-20/h3-7,9,11,15-16,18-19H,8,10,12-14,17H2,1-2H3,(H,32,34)/b31-16-/t19-/m1/s1. The SMILES string of the molecule is COc1cc(/C=N\NC(=O)Cn2cnc3sc4c(c3c2=O)CC[C@@H](C)C4)ccc1OCCc1ccccc1. The Kier molecular flexibility index (Phi) is 7.83. The highest BCUT2D eigenvalue weighted by atomic mass is 32.1. The molecule has 0 radical (unpaired) electrons. The van der Waals surface area contributed by atoms with E-state index in [0.29, 0.717) is 29.4 Å². The molecule has 0 aliphatic heterocycles. The molecule has 0 bridgehead atoms. The second-order valence-corrected chi connectivity index (χ2v) is 10.6. The van der Waals surface area contributed by atoms with Gasteiger partial charge in [-0.05, 0) is 60.1 Å². The van der Waals surface area contributed by atoms with Gasteiger partial charge in [-0.1, -0.05) is 37.3 Å². The van der Waals surface area contributed by atoms with E-state index in [2.05, 4.69) is 34.6 Å². The molecular weight excluding hydrogens is 500 g/mol. The summed E-state index contributed by atoms with van der Waals surface area (Å²) in [4.78, 5) is 32.1. The summed E-state index contributed by atoms with van der Waals surface area (Å²) in [5.74, 6) is 1.42. The van der Waals surface area contributed by atoms with E-state index in [-0.39, 0.29) is 12.1 Å². The Morgan fingerprint density at radius 3 is 2.89 bits per heavy atom. The number of thiophene rings is 1. The van der Waals surface area contributed by atoms with Gasteiger partial charge >= 0.3 is 0 Å². The largest absolute Gasteiger partial charge is 0.493 e. The number of aromatic nitrogens is 2. The van der Waals surface area contributed by atoms with E-state index in [1.807, 2.05) is 30.3 Å². The summed E-state index contributed by atoms with van der Waals surface area (Å²) in [7, 11) is 1.58. The average Bonchev–Trinajstić information content (AvgIpc) is 3.29. The zero-order valence-electron chi connectivity index (χ0n) is 21.5. The van der Waals surface area contributed by atoms with Crippen LogP contribution in [-0.2, 0) is 30.6 Å². The number of fused-ring (bicyclic) bond motifs is 3. The van der Waals surface area contributed by atoms with Crippen molar-refractivity contribution in [2.24, 2.45) is 11.0 Å². The summed E-state index contributed by atoms with van der Waals surface area (Å²) >= 11 is 1.60. The second kappa shape index (κ2) is 11.6. The Balaban J connectivity index is 1.19. The van der Waals surface area contributed by atoms with Crippen LogP contribution in [0.5, 0.6) is 11.5 Å². The molecule has 9 heteroatoms. The van der Waals surface area contributed by atoms with Crippen molar-refractivity contribution in [2.75, 3.05) is 13.7 Å². The number of carbonyl (C=O) groups is 1. The van der Waals surface area contributed by atoms with Gasteiger partial charge in [-0.3, -0.25) is 14.2 Å². The number of rotatable bonds is 9. The lowest BCUT2D eigenvalue weighted by molar-refractivity contribution is -0.121. The molecule has 0 fully saturated rings. The zero-order chi connectivity index (χ0) is 26.5. The van der Waals surface area contributed by atoms with Crippen molar-refractivity contribution in [3.05, 3.63) is 86.8 Å². The maximum Gasteiger partial charge on any atom is 0.262 e. The minimum Gasteiger partial charge on any atom is -0.493 e. The number of nitrogens with zero attached hydrogens (tertiary/aromatic N) is 3. The Bertz CT molecular complexity index is 1530. The first kappa shape index (κ1) is 25.7. The van der Waals surface area contributed by atoms with Gasteiger partial charge in [-0.15, -0.1) is 11.3 Å². The van der Waals surface area contributed by atoms with Crippen molar-refractivity contribution in [3.8, 4) is 11.5 Å². The molecule has 1 aliphatic rings. The molecule has 0 unspecified atom stereocenters. The van der Waals surface area contributed by atoms with Crippen LogP contribution in [0.1, 0.15) is 34.9 Å². The number of nitrogens with one attached hydrogen (secondary N) is 1. The highest BCUT2D eigenvalue weighted by Crippen LogP contribution is 2.35. The number of carbonyl (C=O) groups excluding carboxylic acids is 1. The summed E-state index contributed by atoms with van der Waals surface area (Å²) in [5.41, 5.74) is 5.36. The van der Waals surface area contributed by atoms with Crippen molar-refractivity contribution >= 4 is 33.7 Å². The molecule has 0 saturated carbocycles. The van der Waals surface area contributed by atoms with E-state index < -0.39 is 5.91 Å². The van der Waals surface area contributed by atoms with Gasteiger partial charge in [0.2, 0.25) is 0 Å². The van der Waals surface area contributed by atoms with Crippen LogP contribution in [0.25, 0.3) is 10.2 Å². The molecule has 38 heavy (non-hydrogen) atoms.